The third kappa shape index (κ3) is 1.57. The zero-order valence-corrected chi connectivity index (χ0v) is 7.31. The fourth-order valence-electron chi connectivity index (χ4n) is 1.28. The van der Waals surface area contributed by atoms with Crippen LogP contribution in [0, 0.1) is 5.82 Å². The zero-order valence-electron chi connectivity index (χ0n) is 7.31. The van der Waals surface area contributed by atoms with Crippen molar-refractivity contribution < 1.29 is 9.50 Å². The van der Waals surface area contributed by atoms with Gasteiger partial charge in [0.05, 0.1) is 6.20 Å². The molecule has 0 saturated heterocycles. The van der Waals surface area contributed by atoms with Crippen molar-refractivity contribution in [3.05, 3.63) is 48.5 Å². The smallest absolute Gasteiger partial charge is 0.149 e. The maximum atomic E-state index is 13.3. The Morgan fingerprint density at radius 2 is 2.07 bits per heavy atom. The van der Waals surface area contributed by atoms with Crippen LogP contribution in [0.1, 0.15) is 0 Å². The van der Waals surface area contributed by atoms with E-state index in [2.05, 4.69) is 4.98 Å². The van der Waals surface area contributed by atoms with E-state index in [0.29, 0.717) is 11.1 Å². The average Bonchev–Trinajstić information content (AvgIpc) is 2.18. The number of nitrogens with zero attached hydrogens (tertiary/aromatic N) is 1. The van der Waals surface area contributed by atoms with Crippen LogP contribution in [-0.2, 0) is 0 Å². The Hall–Kier alpha value is -1.90. The topological polar surface area (TPSA) is 33.1 Å². The van der Waals surface area contributed by atoms with Gasteiger partial charge in [-0.25, -0.2) is 4.39 Å². The van der Waals surface area contributed by atoms with Crippen LogP contribution in [0.2, 0.25) is 0 Å². The number of aromatic nitrogens is 1. The summed E-state index contributed by atoms with van der Waals surface area (Å²) in [5.74, 6) is -0.267. The number of benzene rings is 1. The van der Waals surface area contributed by atoms with Gasteiger partial charge in [0.2, 0.25) is 0 Å². The average molecular weight is 189 g/mol. The minimum Gasteiger partial charge on any atom is -0.508 e. The molecule has 1 aromatic carbocycles. The first kappa shape index (κ1) is 8.69. The summed E-state index contributed by atoms with van der Waals surface area (Å²) in [6.07, 6.45) is 2.67. The lowest BCUT2D eigenvalue weighted by molar-refractivity contribution is 0.475. The number of aromatic hydroxyl groups is 1. The van der Waals surface area contributed by atoms with Gasteiger partial charge in [-0.2, -0.15) is 0 Å². The second kappa shape index (κ2) is 3.46. The van der Waals surface area contributed by atoms with E-state index in [9.17, 15) is 9.50 Å². The highest BCUT2D eigenvalue weighted by Crippen LogP contribution is 2.24. The van der Waals surface area contributed by atoms with Gasteiger partial charge in [-0.3, -0.25) is 4.98 Å². The molecule has 0 spiro atoms. The number of hydrogen-bond donors (Lipinski definition) is 1. The number of halogens is 1. The van der Waals surface area contributed by atoms with Crippen LogP contribution in [0.5, 0.6) is 5.75 Å². The molecule has 0 aliphatic carbocycles. The Labute approximate surface area is 80.7 Å². The van der Waals surface area contributed by atoms with Crippen molar-refractivity contribution >= 4 is 0 Å². The molecule has 1 aromatic heterocycles. The standard InChI is InChI=1S/C11H8FNO/c12-11-7-13-5-4-10(11)8-2-1-3-9(14)6-8/h1-7,14H. The van der Waals surface area contributed by atoms with E-state index >= 15 is 0 Å². The first-order valence-electron chi connectivity index (χ1n) is 4.16. The second-order valence-corrected chi connectivity index (χ2v) is 2.91. The van der Waals surface area contributed by atoms with Crippen molar-refractivity contribution in [2.24, 2.45) is 0 Å². The number of phenols is 1. The fraction of sp³-hybridized carbons (Fsp3) is 0. The number of pyridine rings is 1. The molecule has 2 aromatic rings. The molecule has 0 bridgehead atoms. The quantitative estimate of drug-likeness (QED) is 0.747. The van der Waals surface area contributed by atoms with Gasteiger partial charge in [0, 0.05) is 11.8 Å². The molecule has 14 heavy (non-hydrogen) atoms. The molecule has 0 fully saturated rings. The number of rotatable bonds is 1. The van der Waals surface area contributed by atoms with Gasteiger partial charge in [0.1, 0.15) is 11.6 Å². The SMILES string of the molecule is Oc1cccc(-c2ccncc2F)c1. The Morgan fingerprint density at radius 1 is 1.21 bits per heavy atom. The molecular weight excluding hydrogens is 181 g/mol. The molecule has 0 saturated carbocycles. The molecule has 0 amide bonds. The van der Waals surface area contributed by atoms with Crippen LogP contribution in [0.15, 0.2) is 42.7 Å². The predicted molar refractivity (Wildman–Crippen MR) is 51.3 cm³/mol. The van der Waals surface area contributed by atoms with E-state index in [1.165, 1.54) is 12.3 Å². The molecule has 70 valence electrons. The van der Waals surface area contributed by atoms with E-state index in [1.54, 1.807) is 24.3 Å². The Bertz CT molecular complexity index is 457. The van der Waals surface area contributed by atoms with Gasteiger partial charge in [-0.15, -0.1) is 0 Å². The lowest BCUT2D eigenvalue weighted by atomic mass is 10.1. The van der Waals surface area contributed by atoms with Gasteiger partial charge < -0.3 is 5.11 Å². The first-order chi connectivity index (χ1) is 6.77. The summed E-state index contributed by atoms with van der Waals surface area (Å²) in [4.78, 5) is 3.66. The van der Waals surface area contributed by atoms with Crippen LogP contribution in [0.25, 0.3) is 11.1 Å². The van der Waals surface area contributed by atoms with Gasteiger partial charge in [0.15, 0.2) is 0 Å². The molecule has 0 atom stereocenters. The van der Waals surface area contributed by atoms with Crippen molar-refractivity contribution in [2.45, 2.75) is 0 Å². The van der Waals surface area contributed by atoms with Crippen LogP contribution < -0.4 is 0 Å². The fourth-order valence-corrected chi connectivity index (χ4v) is 1.28. The Kier molecular flexibility index (Phi) is 2.14. The Morgan fingerprint density at radius 3 is 2.79 bits per heavy atom. The maximum absolute atomic E-state index is 13.3. The van der Waals surface area contributed by atoms with E-state index < -0.39 is 5.82 Å². The van der Waals surface area contributed by atoms with E-state index in [1.807, 2.05) is 0 Å². The van der Waals surface area contributed by atoms with Gasteiger partial charge in [0.25, 0.3) is 0 Å². The summed E-state index contributed by atoms with van der Waals surface area (Å²) in [6, 6.07) is 8.04. The van der Waals surface area contributed by atoms with Gasteiger partial charge in [-0.05, 0) is 23.8 Å². The normalized spacial score (nSPS) is 10.1. The van der Waals surface area contributed by atoms with Crippen molar-refractivity contribution in [2.75, 3.05) is 0 Å². The molecule has 2 rings (SSSR count). The van der Waals surface area contributed by atoms with E-state index in [4.69, 9.17) is 0 Å². The lowest BCUT2D eigenvalue weighted by Crippen LogP contribution is -1.84. The summed E-state index contributed by atoms with van der Waals surface area (Å²) in [7, 11) is 0. The molecule has 1 N–H and O–H groups in total. The minimum absolute atomic E-state index is 0.124. The highest BCUT2D eigenvalue weighted by atomic mass is 19.1. The summed E-state index contributed by atoms with van der Waals surface area (Å²) in [5.41, 5.74) is 1.08. The summed E-state index contributed by atoms with van der Waals surface area (Å²) in [5, 5.41) is 9.23. The third-order valence-corrected chi connectivity index (χ3v) is 1.93. The monoisotopic (exact) mass is 189 g/mol. The van der Waals surface area contributed by atoms with E-state index in [-0.39, 0.29) is 5.75 Å². The van der Waals surface area contributed by atoms with Crippen molar-refractivity contribution in [3.8, 4) is 16.9 Å². The van der Waals surface area contributed by atoms with Gasteiger partial charge in [-0.1, -0.05) is 12.1 Å². The number of hydrogen-bond acceptors (Lipinski definition) is 2. The maximum Gasteiger partial charge on any atom is 0.149 e. The van der Waals surface area contributed by atoms with Crippen molar-refractivity contribution in [3.63, 3.8) is 0 Å². The van der Waals surface area contributed by atoms with Crippen LogP contribution in [0.4, 0.5) is 4.39 Å². The molecule has 3 heteroatoms. The molecule has 2 nitrogen and oxygen atoms in total. The van der Waals surface area contributed by atoms with Gasteiger partial charge >= 0.3 is 0 Å². The van der Waals surface area contributed by atoms with Crippen LogP contribution in [0.3, 0.4) is 0 Å². The van der Waals surface area contributed by atoms with Crippen molar-refractivity contribution in [1.82, 2.24) is 4.98 Å². The van der Waals surface area contributed by atoms with Crippen molar-refractivity contribution in [1.29, 1.82) is 0 Å². The largest absolute Gasteiger partial charge is 0.508 e. The van der Waals surface area contributed by atoms with Crippen LogP contribution >= 0.6 is 0 Å². The molecular formula is C11H8FNO. The summed E-state index contributed by atoms with van der Waals surface area (Å²) >= 11 is 0. The third-order valence-electron chi connectivity index (χ3n) is 1.93. The number of phenolic OH excluding ortho intramolecular Hbond substituents is 1. The summed E-state index contributed by atoms with van der Waals surface area (Å²) in [6.45, 7) is 0. The lowest BCUT2D eigenvalue weighted by Gasteiger charge is -2.02. The summed E-state index contributed by atoms with van der Waals surface area (Å²) < 4.78 is 13.3. The van der Waals surface area contributed by atoms with E-state index in [0.717, 1.165) is 6.20 Å². The minimum atomic E-state index is -0.391. The molecule has 0 unspecified atom stereocenters. The molecule has 0 aliphatic heterocycles. The zero-order chi connectivity index (χ0) is 9.97. The van der Waals surface area contributed by atoms with Crippen LogP contribution in [-0.4, -0.2) is 10.1 Å². The Balaban J connectivity index is 2.55. The highest BCUT2D eigenvalue weighted by molar-refractivity contribution is 5.64. The first-order valence-corrected chi connectivity index (χ1v) is 4.16. The second-order valence-electron chi connectivity index (χ2n) is 2.91. The molecule has 0 radical (unpaired) electrons. The highest BCUT2D eigenvalue weighted by Gasteiger charge is 2.04. The molecule has 1 heterocycles. The predicted octanol–water partition coefficient (Wildman–Crippen LogP) is 2.59. The molecule has 0 aliphatic rings.